The molecule has 0 bridgehead atoms. The molecule has 0 N–H and O–H groups in total. The van der Waals surface area contributed by atoms with Crippen LogP contribution in [-0.2, 0) is 0 Å². The van der Waals surface area contributed by atoms with Gasteiger partial charge in [0.1, 0.15) is 5.75 Å². The first kappa shape index (κ1) is 13.4. The van der Waals surface area contributed by atoms with Crippen molar-refractivity contribution in [1.29, 1.82) is 0 Å². The third-order valence-corrected chi connectivity index (χ3v) is 3.50. The lowest BCUT2D eigenvalue weighted by Gasteiger charge is -2.09. The fraction of sp³-hybridized carbons (Fsp3) is 0. The van der Waals surface area contributed by atoms with E-state index >= 15 is 0 Å². The van der Waals surface area contributed by atoms with Crippen LogP contribution in [0.2, 0.25) is 5.02 Å². The van der Waals surface area contributed by atoms with Crippen molar-refractivity contribution in [3.8, 4) is 11.5 Å². The number of nitrogens with zero attached hydrogens (tertiary/aromatic N) is 1. The minimum Gasteiger partial charge on any atom is -0.449 e. The summed E-state index contributed by atoms with van der Waals surface area (Å²) in [6.07, 6.45) is 0. The van der Waals surface area contributed by atoms with Crippen LogP contribution in [0.1, 0.15) is 0 Å². The van der Waals surface area contributed by atoms with E-state index in [1.54, 1.807) is 24.3 Å². The molecule has 4 nitrogen and oxygen atoms in total. The minimum atomic E-state index is -0.482. The zero-order chi connectivity index (χ0) is 14.8. The molecule has 0 aromatic heterocycles. The van der Waals surface area contributed by atoms with Crippen molar-refractivity contribution in [2.75, 3.05) is 0 Å². The van der Waals surface area contributed by atoms with Crippen molar-refractivity contribution in [2.24, 2.45) is 0 Å². The maximum Gasteiger partial charge on any atom is 0.311 e. The molecule has 5 heteroatoms. The zero-order valence-corrected chi connectivity index (χ0v) is 11.6. The average Bonchev–Trinajstić information content (AvgIpc) is 2.51. The number of halogens is 1. The Labute approximate surface area is 125 Å². The Bertz CT molecular complexity index is 833. The Kier molecular flexibility index (Phi) is 3.46. The number of ether oxygens (including phenoxy) is 1. The van der Waals surface area contributed by atoms with Crippen LogP contribution in [0, 0.1) is 10.1 Å². The Morgan fingerprint density at radius 3 is 2.43 bits per heavy atom. The van der Waals surface area contributed by atoms with Gasteiger partial charge in [0.2, 0.25) is 5.75 Å². The highest BCUT2D eigenvalue weighted by Gasteiger charge is 2.16. The van der Waals surface area contributed by atoms with E-state index in [0.717, 1.165) is 10.8 Å². The number of nitro benzene ring substituents is 1. The van der Waals surface area contributed by atoms with Gasteiger partial charge in [0.15, 0.2) is 0 Å². The molecule has 104 valence electrons. The van der Waals surface area contributed by atoms with Gasteiger partial charge in [-0.1, -0.05) is 54.1 Å². The maximum absolute atomic E-state index is 11.0. The van der Waals surface area contributed by atoms with Crippen molar-refractivity contribution < 1.29 is 9.66 Å². The molecule has 0 aliphatic carbocycles. The first-order valence-electron chi connectivity index (χ1n) is 6.25. The molecule has 0 saturated carbocycles. The number of rotatable bonds is 3. The van der Waals surface area contributed by atoms with Crippen LogP contribution in [0.15, 0.2) is 60.7 Å². The van der Waals surface area contributed by atoms with Crippen LogP contribution in [-0.4, -0.2) is 4.92 Å². The van der Waals surface area contributed by atoms with Gasteiger partial charge in [0.05, 0.1) is 9.95 Å². The summed E-state index contributed by atoms with van der Waals surface area (Å²) in [4.78, 5) is 10.5. The smallest absolute Gasteiger partial charge is 0.311 e. The van der Waals surface area contributed by atoms with Crippen molar-refractivity contribution in [3.63, 3.8) is 0 Å². The number of benzene rings is 3. The van der Waals surface area contributed by atoms with Gasteiger partial charge in [0.25, 0.3) is 0 Å². The molecule has 0 aliphatic rings. The second kappa shape index (κ2) is 5.42. The van der Waals surface area contributed by atoms with E-state index in [0.29, 0.717) is 10.8 Å². The number of fused-ring (bicyclic) bond motifs is 1. The van der Waals surface area contributed by atoms with Crippen LogP contribution in [0.25, 0.3) is 10.8 Å². The average molecular weight is 300 g/mol. The van der Waals surface area contributed by atoms with Crippen molar-refractivity contribution in [1.82, 2.24) is 0 Å². The van der Waals surface area contributed by atoms with Crippen LogP contribution >= 0.6 is 11.6 Å². The standard InChI is InChI=1S/C16H10ClNO3/c17-16-12-6-2-1-5-11(12)9-10-15(16)21-14-8-4-3-7-13(14)18(19)20/h1-10H. The monoisotopic (exact) mass is 299 g/mol. The van der Waals surface area contributed by atoms with Crippen LogP contribution < -0.4 is 4.74 Å². The van der Waals surface area contributed by atoms with Gasteiger partial charge >= 0.3 is 5.69 Å². The quantitative estimate of drug-likeness (QED) is 0.494. The predicted octanol–water partition coefficient (Wildman–Crippen LogP) is 5.19. The number of nitro groups is 1. The molecule has 0 spiro atoms. The second-order valence-corrected chi connectivity index (χ2v) is 4.80. The summed E-state index contributed by atoms with van der Waals surface area (Å²) >= 11 is 6.33. The van der Waals surface area contributed by atoms with E-state index < -0.39 is 4.92 Å². The molecule has 0 fully saturated rings. The van der Waals surface area contributed by atoms with Gasteiger partial charge in [0, 0.05) is 11.5 Å². The molecular weight excluding hydrogens is 290 g/mol. The highest BCUT2D eigenvalue weighted by atomic mass is 35.5. The van der Waals surface area contributed by atoms with Crippen molar-refractivity contribution in [2.45, 2.75) is 0 Å². The van der Waals surface area contributed by atoms with Gasteiger partial charge in [-0.25, -0.2) is 0 Å². The molecule has 0 atom stereocenters. The zero-order valence-electron chi connectivity index (χ0n) is 10.8. The lowest BCUT2D eigenvalue weighted by Crippen LogP contribution is -1.93. The topological polar surface area (TPSA) is 52.4 Å². The fourth-order valence-corrected chi connectivity index (χ4v) is 2.38. The summed E-state index contributed by atoms with van der Waals surface area (Å²) in [5.41, 5.74) is -0.0956. The number of hydrogen-bond donors (Lipinski definition) is 0. The van der Waals surface area contributed by atoms with Crippen molar-refractivity contribution >= 4 is 28.1 Å². The molecule has 21 heavy (non-hydrogen) atoms. The Hall–Kier alpha value is -2.59. The first-order valence-corrected chi connectivity index (χ1v) is 6.63. The van der Waals surface area contributed by atoms with Crippen LogP contribution in [0.5, 0.6) is 11.5 Å². The van der Waals surface area contributed by atoms with E-state index in [1.165, 1.54) is 6.07 Å². The third kappa shape index (κ3) is 2.53. The predicted molar refractivity (Wildman–Crippen MR) is 82.1 cm³/mol. The highest BCUT2D eigenvalue weighted by Crippen LogP contribution is 2.38. The molecule has 3 rings (SSSR count). The highest BCUT2D eigenvalue weighted by molar-refractivity contribution is 6.37. The van der Waals surface area contributed by atoms with Gasteiger partial charge in [-0.05, 0) is 17.5 Å². The van der Waals surface area contributed by atoms with Crippen LogP contribution in [0.3, 0.4) is 0 Å². The Balaban J connectivity index is 2.07. The summed E-state index contributed by atoms with van der Waals surface area (Å²) in [7, 11) is 0. The van der Waals surface area contributed by atoms with Gasteiger partial charge in [-0.3, -0.25) is 10.1 Å². The summed E-state index contributed by atoms with van der Waals surface area (Å²) < 4.78 is 5.64. The van der Waals surface area contributed by atoms with E-state index in [-0.39, 0.29) is 11.4 Å². The number of hydrogen-bond acceptors (Lipinski definition) is 3. The van der Waals surface area contributed by atoms with Gasteiger partial charge in [-0.15, -0.1) is 0 Å². The molecule has 3 aromatic carbocycles. The van der Waals surface area contributed by atoms with E-state index in [2.05, 4.69) is 0 Å². The van der Waals surface area contributed by atoms with Gasteiger partial charge < -0.3 is 4.74 Å². The van der Waals surface area contributed by atoms with E-state index in [1.807, 2.05) is 30.3 Å². The molecule has 0 unspecified atom stereocenters. The lowest BCUT2D eigenvalue weighted by molar-refractivity contribution is -0.385. The third-order valence-electron chi connectivity index (χ3n) is 3.11. The van der Waals surface area contributed by atoms with E-state index in [4.69, 9.17) is 16.3 Å². The Morgan fingerprint density at radius 1 is 0.905 bits per heavy atom. The summed E-state index contributed by atoms with van der Waals surface area (Å²) in [6.45, 7) is 0. The maximum atomic E-state index is 11.0. The normalized spacial score (nSPS) is 10.5. The molecule has 0 radical (unpaired) electrons. The number of para-hydroxylation sites is 2. The summed E-state index contributed by atoms with van der Waals surface area (Å²) in [5.74, 6) is 0.560. The van der Waals surface area contributed by atoms with Gasteiger partial charge in [-0.2, -0.15) is 0 Å². The molecule has 3 aromatic rings. The largest absolute Gasteiger partial charge is 0.449 e. The molecule has 0 saturated heterocycles. The molecular formula is C16H10ClNO3. The SMILES string of the molecule is O=[N+]([O-])c1ccccc1Oc1ccc2ccccc2c1Cl. The minimum absolute atomic E-state index is 0.0956. The lowest BCUT2D eigenvalue weighted by atomic mass is 10.1. The molecule has 0 aliphatic heterocycles. The molecule has 0 amide bonds. The summed E-state index contributed by atoms with van der Waals surface area (Å²) in [5, 5.41) is 13.3. The van der Waals surface area contributed by atoms with Crippen molar-refractivity contribution in [3.05, 3.63) is 75.8 Å². The second-order valence-electron chi connectivity index (χ2n) is 4.43. The molecule has 0 heterocycles. The van der Waals surface area contributed by atoms with Crippen LogP contribution in [0.4, 0.5) is 5.69 Å². The summed E-state index contributed by atoms with van der Waals surface area (Å²) in [6, 6.07) is 17.4. The van der Waals surface area contributed by atoms with E-state index in [9.17, 15) is 10.1 Å². The Morgan fingerprint density at radius 2 is 1.62 bits per heavy atom. The first-order chi connectivity index (χ1) is 10.2. The fourth-order valence-electron chi connectivity index (χ4n) is 2.11.